The Balaban J connectivity index is 1.50. The van der Waals surface area contributed by atoms with Crippen LogP contribution in [0.15, 0.2) is 24.9 Å². The number of hydrogen-bond donors (Lipinski definition) is 1. The first-order valence-corrected chi connectivity index (χ1v) is 8.49. The maximum Gasteiger partial charge on any atom is 0.274 e. The topological polar surface area (TPSA) is 78.0 Å². The molecular formula is C17H22N6O. The summed E-state index contributed by atoms with van der Waals surface area (Å²) in [6, 6.07) is 0.248. The number of rotatable bonds is 3. The summed E-state index contributed by atoms with van der Waals surface area (Å²) in [5, 5.41) is 0. The summed E-state index contributed by atoms with van der Waals surface area (Å²) >= 11 is 0. The van der Waals surface area contributed by atoms with E-state index in [-0.39, 0.29) is 11.9 Å². The molecule has 0 spiro atoms. The molecule has 0 saturated carbocycles. The lowest BCUT2D eigenvalue weighted by Crippen LogP contribution is -2.47. The van der Waals surface area contributed by atoms with E-state index < -0.39 is 0 Å². The van der Waals surface area contributed by atoms with Crippen LogP contribution in [-0.4, -0.2) is 61.3 Å². The minimum atomic E-state index is 0.00981. The van der Waals surface area contributed by atoms with Crippen molar-refractivity contribution in [1.29, 1.82) is 0 Å². The summed E-state index contributed by atoms with van der Waals surface area (Å²) < 4.78 is 0. The highest BCUT2D eigenvalue weighted by Gasteiger charge is 2.38. The maximum atomic E-state index is 12.8. The smallest absolute Gasteiger partial charge is 0.274 e. The van der Waals surface area contributed by atoms with Crippen molar-refractivity contribution in [2.45, 2.75) is 32.4 Å². The molecule has 5 rings (SSSR count). The second-order valence-electron chi connectivity index (χ2n) is 6.81. The highest BCUT2D eigenvalue weighted by atomic mass is 16.2. The molecule has 1 N–H and O–H groups in total. The van der Waals surface area contributed by atoms with Crippen molar-refractivity contribution in [1.82, 2.24) is 29.7 Å². The third-order valence-electron chi connectivity index (χ3n) is 5.14. The van der Waals surface area contributed by atoms with E-state index >= 15 is 0 Å². The van der Waals surface area contributed by atoms with Crippen molar-refractivity contribution in [2.24, 2.45) is 5.92 Å². The van der Waals surface area contributed by atoms with Crippen molar-refractivity contribution in [3.63, 3.8) is 0 Å². The van der Waals surface area contributed by atoms with Crippen molar-refractivity contribution in [3.05, 3.63) is 42.0 Å². The molecule has 3 aliphatic rings. The lowest BCUT2D eigenvalue weighted by molar-refractivity contribution is 0.0578. The average molecular weight is 326 g/mol. The molecule has 3 aliphatic heterocycles. The molecule has 2 aromatic heterocycles. The van der Waals surface area contributed by atoms with E-state index in [9.17, 15) is 4.79 Å². The Morgan fingerprint density at radius 2 is 2.17 bits per heavy atom. The minimum absolute atomic E-state index is 0.00981. The largest absolute Gasteiger partial charge is 0.348 e. The molecular weight excluding hydrogens is 304 g/mol. The zero-order chi connectivity index (χ0) is 16.5. The Bertz CT molecular complexity index is 715. The molecule has 2 aromatic rings. The highest BCUT2D eigenvalue weighted by molar-refractivity contribution is 5.92. The first kappa shape index (κ1) is 15.3. The molecule has 3 saturated heterocycles. The third kappa shape index (κ3) is 2.91. The van der Waals surface area contributed by atoms with Gasteiger partial charge in [-0.3, -0.25) is 14.7 Å². The van der Waals surface area contributed by atoms with E-state index in [4.69, 9.17) is 0 Å². The average Bonchev–Trinajstić information content (AvgIpc) is 2.83. The first-order chi connectivity index (χ1) is 11.7. The Labute approximate surface area is 141 Å². The van der Waals surface area contributed by atoms with Crippen LogP contribution in [0.4, 0.5) is 0 Å². The van der Waals surface area contributed by atoms with E-state index in [1.807, 2.05) is 4.90 Å². The van der Waals surface area contributed by atoms with Gasteiger partial charge in [0.05, 0.1) is 18.2 Å². The van der Waals surface area contributed by atoms with Gasteiger partial charge in [0.2, 0.25) is 0 Å². The van der Waals surface area contributed by atoms with Crippen LogP contribution in [0.5, 0.6) is 0 Å². The summed E-state index contributed by atoms with van der Waals surface area (Å²) in [6.07, 6.45) is 8.74. The number of aryl methyl sites for hydroxylation is 1. The molecule has 0 radical (unpaired) electrons. The fourth-order valence-corrected chi connectivity index (χ4v) is 3.87. The highest BCUT2D eigenvalue weighted by Crippen LogP contribution is 2.29. The van der Waals surface area contributed by atoms with Crippen LogP contribution in [0.2, 0.25) is 0 Å². The molecule has 7 nitrogen and oxygen atoms in total. The van der Waals surface area contributed by atoms with Gasteiger partial charge in [0.1, 0.15) is 5.69 Å². The van der Waals surface area contributed by atoms with E-state index in [0.29, 0.717) is 11.6 Å². The van der Waals surface area contributed by atoms with Crippen molar-refractivity contribution in [3.8, 4) is 0 Å². The number of fused-ring (bicyclic) bond motifs is 4. The molecule has 5 heterocycles. The van der Waals surface area contributed by atoms with Crippen molar-refractivity contribution in [2.75, 3.05) is 19.6 Å². The SMILES string of the molecule is Cc1[nH]cnc1CN1C[C@H]2CC[C@@H](C1)N(C(=O)c1cnccn1)C2. The predicted octanol–water partition coefficient (Wildman–Crippen LogP) is 1.24. The molecule has 0 aromatic carbocycles. The number of nitrogens with one attached hydrogen (secondary N) is 1. The van der Waals surface area contributed by atoms with Crippen LogP contribution in [0.25, 0.3) is 0 Å². The molecule has 2 atom stereocenters. The zero-order valence-corrected chi connectivity index (χ0v) is 13.9. The molecule has 126 valence electrons. The summed E-state index contributed by atoms with van der Waals surface area (Å²) in [5.41, 5.74) is 2.67. The van der Waals surface area contributed by atoms with Gasteiger partial charge in [0.15, 0.2) is 0 Å². The Morgan fingerprint density at radius 1 is 1.25 bits per heavy atom. The maximum absolute atomic E-state index is 12.8. The van der Waals surface area contributed by atoms with Gasteiger partial charge in [-0.05, 0) is 25.7 Å². The molecule has 1 amide bonds. The summed E-state index contributed by atoms with van der Waals surface area (Å²) in [6.45, 7) is 5.63. The lowest BCUT2D eigenvalue weighted by atomic mass is 9.95. The van der Waals surface area contributed by atoms with Crippen LogP contribution >= 0.6 is 0 Å². The van der Waals surface area contributed by atoms with E-state index in [2.05, 4.69) is 31.8 Å². The number of aromatic nitrogens is 4. The van der Waals surface area contributed by atoms with Crippen molar-refractivity contribution >= 4 is 5.91 Å². The molecule has 2 bridgehead atoms. The van der Waals surface area contributed by atoms with Crippen LogP contribution < -0.4 is 0 Å². The Hall–Kier alpha value is -2.28. The van der Waals surface area contributed by atoms with Crippen LogP contribution in [0.3, 0.4) is 0 Å². The molecule has 3 fully saturated rings. The van der Waals surface area contributed by atoms with E-state index in [1.54, 1.807) is 24.9 Å². The van der Waals surface area contributed by atoms with Gasteiger partial charge in [-0.2, -0.15) is 0 Å². The molecule has 7 heteroatoms. The number of H-pyrrole nitrogens is 1. The number of carbonyl (C=O) groups is 1. The number of imidazole rings is 1. The van der Waals surface area contributed by atoms with Gasteiger partial charge >= 0.3 is 0 Å². The van der Waals surface area contributed by atoms with Gasteiger partial charge < -0.3 is 9.88 Å². The summed E-state index contributed by atoms with van der Waals surface area (Å²) in [5.74, 6) is 0.527. The summed E-state index contributed by atoms with van der Waals surface area (Å²) in [4.78, 5) is 33.0. The first-order valence-electron chi connectivity index (χ1n) is 8.49. The number of carbonyl (C=O) groups excluding carboxylic acids is 1. The number of piperidine rings is 1. The Morgan fingerprint density at radius 3 is 2.92 bits per heavy atom. The number of hydrogen-bond acceptors (Lipinski definition) is 5. The number of amides is 1. The number of nitrogens with zero attached hydrogens (tertiary/aromatic N) is 5. The molecule has 24 heavy (non-hydrogen) atoms. The quantitative estimate of drug-likeness (QED) is 0.918. The second kappa shape index (κ2) is 6.32. The monoisotopic (exact) mass is 326 g/mol. The van der Waals surface area contributed by atoms with Crippen LogP contribution in [0, 0.1) is 12.8 Å². The van der Waals surface area contributed by atoms with Crippen LogP contribution in [0.1, 0.15) is 34.7 Å². The van der Waals surface area contributed by atoms with E-state index in [1.165, 1.54) is 6.42 Å². The van der Waals surface area contributed by atoms with Gasteiger partial charge in [-0.15, -0.1) is 0 Å². The minimum Gasteiger partial charge on any atom is -0.348 e. The van der Waals surface area contributed by atoms with E-state index in [0.717, 1.165) is 44.0 Å². The second-order valence-corrected chi connectivity index (χ2v) is 6.81. The van der Waals surface area contributed by atoms with Crippen LogP contribution in [-0.2, 0) is 6.54 Å². The molecule has 0 unspecified atom stereocenters. The van der Waals surface area contributed by atoms with Gasteiger partial charge in [0.25, 0.3) is 5.91 Å². The van der Waals surface area contributed by atoms with Gasteiger partial charge in [-0.1, -0.05) is 0 Å². The zero-order valence-electron chi connectivity index (χ0n) is 13.9. The van der Waals surface area contributed by atoms with Gasteiger partial charge in [0, 0.05) is 50.3 Å². The van der Waals surface area contributed by atoms with Crippen molar-refractivity contribution < 1.29 is 4.79 Å². The normalized spacial score (nSPS) is 24.1. The fourth-order valence-electron chi connectivity index (χ4n) is 3.87. The summed E-state index contributed by atoms with van der Waals surface area (Å²) in [7, 11) is 0. The third-order valence-corrected chi connectivity index (χ3v) is 5.14. The molecule has 0 aliphatic carbocycles. The Kier molecular flexibility index (Phi) is 4.02. The standard InChI is InChI=1S/C17H22N6O/c1-12-16(21-11-20-12)10-22-7-13-2-3-14(9-22)23(8-13)17(24)15-6-18-4-5-19-15/h4-6,11,13-14H,2-3,7-10H2,1H3,(H,20,21)/t13-,14+/m1/s1. The van der Waals surface area contributed by atoms with Gasteiger partial charge in [-0.25, -0.2) is 9.97 Å². The number of aromatic amines is 1. The lowest BCUT2D eigenvalue weighted by Gasteiger charge is -2.35. The predicted molar refractivity (Wildman–Crippen MR) is 88.2 cm³/mol. The fraction of sp³-hybridized carbons (Fsp3) is 0.529.